The lowest BCUT2D eigenvalue weighted by molar-refractivity contribution is -0.123. The standard InChI is InChI=1S/C23H37N3O2/c1-25(20-9-4-2-5-10-20)16-8-15-24-23(27)19-26-17-13-22(14-18-26)28-21-11-6-3-7-12-21/h2,4-5,9-10,21-22H,3,6-8,11-19H2,1H3,(H,24,27). The zero-order valence-electron chi connectivity index (χ0n) is 17.4. The molecule has 1 saturated heterocycles. The smallest absolute Gasteiger partial charge is 0.234 e. The number of piperidine rings is 1. The van der Waals surface area contributed by atoms with Crippen LogP contribution in [0.1, 0.15) is 51.4 Å². The van der Waals surface area contributed by atoms with E-state index < -0.39 is 0 Å². The summed E-state index contributed by atoms with van der Waals surface area (Å²) < 4.78 is 6.29. The number of amides is 1. The molecule has 0 aromatic heterocycles. The minimum Gasteiger partial charge on any atom is -0.375 e. The van der Waals surface area contributed by atoms with E-state index in [1.165, 1.54) is 37.8 Å². The van der Waals surface area contributed by atoms with Crippen LogP contribution in [0.2, 0.25) is 0 Å². The van der Waals surface area contributed by atoms with Crippen molar-refractivity contribution in [3.05, 3.63) is 30.3 Å². The van der Waals surface area contributed by atoms with Crippen LogP contribution < -0.4 is 10.2 Å². The second-order valence-electron chi connectivity index (χ2n) is 8.33. The topological polar surface area (TPSA) is 44.8 Å². The van der Waals surface area contributed by atoms with Gasteiger partial charge in [0.2, 0.25) is 5.91 Å². The Morgan fingerprint density at radius 2 is 1.75 bits per heavy atom. The number of ether oxygens (including phenoxy) is 1. The molecule has 1 heterocycles. The van der Waals surface area contributed by atoms with Crippen LogP contribution >= 0.6 is 0 Å². The summed E-state index contributed by atoms with van der Waals surface area (Å²) in [6.45, 7) is 4.14. The zero-order valence-corrected chi connectivity index (χ0v) is 17.4. The number of rotatable bonds is 9. The number of carbonyl (C=O) groups is 1. The van der Waals surface area contributed by atoms with Gasteiger partial charge in [0.05, 0.1) is 18.8 Å². The quantitative estimate of drug-likeness (QED) is 0.659. The van der Waals surface area contributed by atoms with Crippen molar-refractivity contribution in [1.82, 2.24) is 10.2 Å². The number of hydrogen-bond acceptors (Lipinski definition) is 4. The van der Waals surface area contributed by atoms with Gasteiger partial charge >= 0.3 is 0 Å². The van der Waals surface area contributed by atoms with E-state index >= 15 is 0 Å². The Morgan fingerprint density at radius 1 is 1.07 bits per heavy atom. The maximum atomic E-state index is 12.2. The summed E-state index contributed by atoms with van der Waals surface area (Å²) >= 11 is 0. The Kier molecular flexibility index (Phi) is 8.62. The third-order valence-electron chi connectivity index (χ3n) is 6.03. The molecule has 1 saturated carbocycles. The minimum absolute atomic E-state index is 0.147. The summed E-state index contributed by atoms with van der Waals surface area (Å²) in [5, 5.41) is 3.08. The molecular weight excluding hydrogens is 350 g/mol. The van der Waals surface area contributed by atoms with Crippen LogP contribution in [0.3, 0.4) is 0 Å². The Labute approximate surface area is 170 Å². The summed E-state index contributed by atoms with van der Waals surface area (Å²) in [6, 6.07) is 10.4. The van der Waals surface area contributed by atoms with Crippen LogP contribution in [0.5, 0.6) is 0 Å². The molecule has 1 N–H and O–H groups in total. The van der Waals surface area contributed by atoms with Crippen molar-refractivity contribution in [2.24, 2.45) is 0 Å². The van der Waals surface area contributed by atoms with E-state index in [1.807, 2.05) is 6.07 Å². The highest BCUT2D eigenvalue weighted by atomic mass is 16.5. The minimum atomic E-state index is 0.147. The van der Waals surface area contributed by atoms with Gasteiger partial charge in [-0.3, -0.25) is 9.69 Å². The number of hydrogen-bond donors (Lipinski definition) is 1. The van der Waals surface area contributed by atoms with E-state index in [0.29, 0.717) is 18.8 Å². The fourth-order valence-electron chi connectivity index (χ4n) is 4.29. The summed E-state index contributed by atoms with van der Waals surface area (Å²) in [6.07, 6.45) is 10.5. The van der Waals surface area contributed by atoms with Gasteiger partial charge in [-0.2, -0.15) is 0 Å². The van der Waals surface area contributed by atoms with Gasteiger partial charge in [0.15, 0.2) is 0 Å². The van der Waals surface area contributed by atoms with Crippen LogP contribution in [0, 0.1) is 0 Å². The molecular formula is C23H37N3O2. The molecule has 1 aliphatic heterocycles. The monoisotopic (exact) mass is 387 g/mol. The fraction of sp³-hybridized carbons (Fsp3) is 0.696. The predicted octanol–water partition coefficient (Wildman–Crippen LogP) is 3.44. The highest BCUT2D eigenvalue weighted by Crippen LogP contribution is 2.24. The molecule has 1 aromatic rings. The van der Waals surface area contributed by atoms with E-state index in [1.54, 1.807) is 0 Å². The Morgan fingerprint density at radius 3 is 2.46 bits per heavy atom. The van der Waals surface area contributed by atoms with Crippen LogP contribution in [0.25, 0.3) is 0 Å². The van der Waals surface area contributed by atoms with E-state index in [2.05, 4.69) is 46.4 Å². The summed E-state index contributed by atoms with van der Waals surface area (Å²) in [5.74, 6) is 0.147. The molecule has 28 heavy (non-hydrogen) atoms. The van der Waals surface area contributed by atoms with Gasteiger partial charge in [0.1, 0.15) is 0 Å². The van der Waals surface area contributed by atoms with Crippen LogP contribution in [-0.4, -0.2) is 62.8 Å². The van der Waals surface area contributed by atoms with E-state index in [0.717, 1.165) is 45.4 Å². The van der Waals surface area contributed by atoms with E-state index in [4.69, 9.17) is 4.74 Å². The molecule has 5 nitrogen and oxygen atoms in total. The highest BCUT2D eigenvalue weighted by molar-refractivity contribution is 5.78. The summed E-state index contributed by atoms with van der Waals surface area (Å²) in [5.41, 5.74) is 1.21. The zero-order chi connectivity index (χ0) is 19.6. The third kappa shape index (κ3) is 7.10. The number of nitrogens with one attached hydrogen (secondary N) is 1. The molecule has 5 heteroatoms. The molecule has 3 rings (SSSR count). The average molecular weight is 388 g/mol. The number of benzene rings is 1. The summed E-state index contributed by atoms with van der Waals surface area (Å²) in [7, 11) is 2.09. The van der Waals surface area contributed by atoms with Gasteiger partial charge in [0, 0.05) is 38.9 Å². The number of carbonyl (C=O) groups excluding carboxylic acids is 1. The normalized spacial score (nSPS) is 19.5. The fourth-order valence-corrected chi connectivity index (χ4v) is 4.29. The first-order valence-corrected chi connectivity index (χ1v) is 11.1. The lowest BCUT2D eigenvalue weighted by atomic mass is 9.97. The maximum absolute atomic E-state index is 12.2. The van der Waals surface area contributed by atoms with Gasteiger partial charge in [-0.25, -0.2) is 0 Å². The Hall–Kier alpha value is -1.59. The lowest BCUT2D eigenvalue weighted by Gasteiger charge is -2.34. The van der Waals surface area contributed by atoms with Gasteiger partial charge < -0.3 is 15.0 Å². The molecule has 1 aliphatic carbocycles. The molecule has 0 radical (unpaired) electrons. The molecule has 156 valence electrons. The maximum Gasteiger partial charge on any atom is 0.234 e. The second-order valence-corrected chi connectivity index (χ2v) is 8.33. The lowest BCUT2D eigenvalue weighted by Crippen LogP contribution is -2.44. The molecule has 0 unspecified atom stereocenters. The van der Waals surface area contributed by atoms with E-state index in [9.17, 15) is 4.79 Å². The number of nitrogens with zero attached hydrogens (tertiary/aromatic N) is 2. The third-order valence-corrected chi connectivity index (χ3v) is 6.03. The van der Waals surface area contributed by atoms with Gasteiger partial charge in [-0.05, 0) is 44.2 Å². The largest absolute Gasteiger partial charge is 0.375 e. The average Bonchev–Trinajstić information content (AvgIpc) is 2.74. The molecule has 0 spiro atoms. The highest BCUT2D eigenvalue weighted by Gasteiger charge is 2.24. The first kappa shape index (κ1) is 21.1. The van der Waals surface area contributed by atoms with Crippen molar-refractivity contribution in [1.29, 1.82) is 0 Å². The van der Waals surface area contributed by atoms with Crippen molar-refractivity contribution in [2.75, 3.05) is 44.7 Å². The molecule has 2 aliphatic rings. The molecule has 1 aromatic carbocycles. The summed E-state index contributed by atoms with van der Waals surface area (Å²) in [4.78, 5) is 16.7. The SMILES string of the molecule is CN(CCCNC(=O)CN1CCC(OC2CCCCC2)CC1)c1ccccc1. The van der Waals surface area contributed by atoms with Crippen molar-refractivity contribution >= 4 is 11.6 Å². The van der Waals surface area contributed by atoms with E-state index in [-0.39, 0.29) is 5.91 Å². The molecule has 1 amide bonds. The first-order chi connectivity index (χ1) is 13.7. The second kappa shape index (κ2) is 11.4. The number of para-hydroxylation sites is 1. The van der Waals surface area contributed by atoms with Gasteiger partial charge in [-0.1, -0.05) is 37.5 Å². The van der Waals surface area contributed by atoms with Crippen LogP contribution in [0.4, 0.5) is 5.69 Å². The Bertz CT molecular complexity index is 566. The molecule has 0 atom stereocenters. The number of anilines is 1. The van der Waals surface area contributed by atoms with Gasteiger partial charge in [0.25, 0.3) is 0 Å². The van der Waals surface area contributed by atoms with Crippen molar-refractivity contribution in [2.45, 2.75) is 63.6 Å². The molecule has 0 bridgehead atoms. The van der Waals surface area contributed by atoms with Crippen molar-refractivity contribution in [3.8, 4) is 0 Å². The van der Waals surface area contributed by atoms with Crippen LogP contribution in [-0.2, 0) is 9.53 Å². The number of likely N-dealkylation sites (tertiary alicyclic amines) is 1. The predicted molar refractivity (Wildman–Crippen MR) is 115 cm³/mol. The van der Waals surface area contributed by atoms with Gasteiger partial charge in [-0.15, -0.1) is 0 Å². The first-order valence-electron chi connectivity index (χ1n) is 11.1. The van der Waals surface area contributed by atoms with Crippen molar-refractivity contribution in [3.63, 3.8) is 0 Å². The molecule has 2 fully saturated rings. The van der Waals surface area contributed by atoms with Crippen LogP contribution in [0.15, 0.2) is 30.3 Å². The Balaban J connectivity index is 1.24. The van der Waals surface area contributed by atoms with Crippen molar-refractivity contribution < 1.29 is 9.53 Å².